The summed E-state index contributed by atoms with van der Waals surface area (Å²) in [6.45, 7) is 4.85. The highest BCUT2D eigenvalue weighted by Gasteiger charge is 2.12. The van der Waals surface area contributed by atoms with Gasteiger partial charge in [0.15, 0.2) is 0 Å². The van der Waals surface area contributed by atoms with Gasteiger partial charge >= 0.3 is 0 Å². The van der Waals surface area contributed by atoms with Gasteiger partial charge in [-0.05, 0) is 12.0 Å². The molecule has 3 N–H and O–H groups in total. The van der Waals surface area contributed by atoms with Gasteiger partial charge in [0.25, 0.3) is 5.69 Å². The Morgan fingerprint density at radius 3 is 2.90 bits per heavy atom. The van der Waals surface area contributed by atoms with E-state index in [1.807, 2.05) is 0 Å². The lowest BCUT2D eigenvalue weighted by molar-refractivity contribution is -0.384. The highest BCUT2D eigenvalue weighted by Crippen LogP contribution is 2.19. The largest absolute Gasteiger partial charge is 0.368 e. The molecule has 0 unspecified atom stereocenters. The van der Waals surface area contributed by atoms with Crippen LogP contribution in [-0.2, 0) is 0 Å². The van der Waals surface area contributed by atoms with Gasteiger partial charge in [-0.2, -0.15) is 9.67 Å². The zero-order valence-electron chi connectivity index (χ0n) is 11.3. The van der Waals surface area contributed by atoms with Crippen LogP contribution in [0.15, 0.2) is 24.3 Å². The van der Waals surface area contributed by atoms with Crippen LogP contribution in [0.4, 0.5) is 17.6 Å². The molecule has 0 radical (unpaired) electrons. The van der Waals surface area contributed by atoms with Crippen LogP contribution in [0.2, 0.25) is 0 Å². The van der Waals surface area contributed by atoms with Gasteiger partial charge in [0.05, 0.1) is 10.6 Å². The monoisotopic (exact) mass is 276 g/mol. The first-order chi connectivity index (χ1) is 9.47. The van der Waals surface area contributed by atoms with Gasteiger partial charge in [-0.25, -0.2) is 0 Å². The van der Waals surface area contributed by atoms with Gasteiger partial charge < -0.3 is 11.1 Å². The predicted molar refractivity (Wildman–Crippen MR) is 75.8 cm³/mol. The van der Waals surface area contributed by atoms with E-state index in [0.29, 0.717) is 17.6 Å². The normalized spacial score (nSPS) is 10.8. The molecule has 0 bridgehead atoms. The Kier molecular flexibility index (Phi) is 3.83. The lowest BCUT2D eigenvalue weighted by Gasteiger charge is -2.04. The Bertz CT molecular complexity index is 622. The third-order valence-corrected chi connectivity index (χ3v) is 2.59. The number of nitro benzene ring substituents is 1. The van der Waals surface area contributed by atoms with Crippen molar-refractivity contribution >= 4 is 17.6 Å². The Labute approximate surface area is 115 Å². The first-order valence-electron chi connectivity index (χ1n) is 6.18. The summed E-state index contributed by atoms with van der Waals surface area (Å²) in [5, 5.41) is 18.0. The van der Waals surface area contributed by atoms with E-state index in [1.54, 1.807) is 12.1 Å². The summed E-state index contributed by atoms with van der Waals surface area (Å²) in [6, 6.07) is 6.08. The number of hydrogen-bond donors (Lipinski definition) is 2. The van der Waals surface area contributed by atoms with Gasteiger partial charge in [0.2, 0.25) is 11.9 Å². The molecular formula is C12H16N6O2. The van der Waals surface area contributed by atoms with E-state index < -0.39 is 4.92 Å². The van der Waals surface area contributed by atoms with Crippen LogP contribution < -0.4 is 11.1 Å². The second-order valence-corrected chi connectivity index (χ2v) is 4.76. The van der Waals surface area contributed by atoms with E-state index in [9.17, 15) is 10.1 Å². The van der Waals surface area contributed by atoms with E-state index in [4.69, 9.17) is 5.73 Å². The average Bonchev–Trinajstić information content (AvgIpc) is 2.78. The van der Waals surface area contributed by atoms with Crippen molar-refractivity contribution in [2.75, 3.05) is 17.6 Å². The van der Waals surface area contributed by atoms with Crippen LogP contribution in [-0.4, -0.2) is 26.2 Å². The van der Waals surface area contributed by atoms with E-state index in [2.05, 4.69) is 29.2 Å². The molecule has 0 amide bonds. The number of nitrogens with one attached hydrogen (secondary N) is 1. The van der Waals surface area contributed by atoms with Gasteiger partial charge in [0, 0.05) is 18.7 Å². The smallest absolute Gasteiger partial charge is 0.271 e. The van der Waals surface area contributed by atoms with E-state index in [0.717, 1.165) is 6.54 Å². The molecule has 0 atom stereocenters. The van der Waals surface area contributed by atoms with Crippen LogP contribution in [0.25, 0.3) is 5.69 Å². The molecule has 106 valence electrons. The third-order valence-electron chi connectivity index (χ3n) is 2.59. The quantitative estimate of drug-likeness (QED) is 0.636. The van der Waals surface area contributed by atoms with Gasteiger partial charge in [-0.15, -0.1) is 5.10 Å². The zero-order valence-corrected chi connectivity index (χ0v) is 11.3. The summed E-state index contributed by atoms with van der Waals surface area (Å²) in [6.07, 6.45) is 0. The zero-order chi connectivity index (χ0) is 14.7. The number of nitrogens with two attached hydrogens (primary N) is 1. The number of hydrogen-bond acceptors (Lipinski definition) is 6. The van der Waals surface area contributed by atoms with Crippen molar-refractivity contribution in [1.82, 2.24) is 14.8 Å². The van der Waals surface area contributed by atoms with Gasteiger partial charge in [-0.3, -0.25) is 10.1 Å². The van der Waals surface area contributed by atoms with Gasteiger partial charge in [-0.1, -0.05) is 19.9 Å². The number of non-ortho nitro benzene ring substituents is 1. The molecule has 0 aliphatic rings. The minimum atomic E-state index is -0.464. The number of nitrogens with zero attached hydrogens (tertiary/aromatic N) is 4. The Morgan fingerprint density at radius 2 is 2.25 bits per heavy atom. The van der Waals surface area contributed by atoms with Crippen molar-refractivity contribution in [1.29, 1.82) is 0 Å². The van der Waals surface area contributed by atoms with E-state index >= 15 is 0 Å². The lowest BCUT2D eigenvalue weighted by Crippen LogP contribution is -2.09. The summed E-state index contributed by atoms with van der Waals surface area (Å²) in [7, 11) is 0. The highest BCUT2D eigenvalue weighted by atomic mass is 16.6. The number of anilines is 2. The summed E-state index contributed by atoms with van der Waals surface area (Å²) in [5.74, 6) is 1.03. The van der Waals surface area contributed by atoms with Crippen LogP contribution in [0.3, 0.4) is 0 Å². The maximum Gasteiger partial charge on any atom is 0.271 e. The molecule has 0 aliphatic heterocycles. The molecule has 0 aliphatic carbocycles. The summed E-state index contributed by atoms with van der Waals surface area (Å²) < 4.78 is 1.37. The fraction of sp³-hybridized carbons (Fsp3) is 0.333. The number of aromatic nitrogens is 3. The Hall–Kier alpha value is -2.64. The van der Waals surface area contributed by atoms with Crippen molar-refractivity contribution < 1.29 is 4.92 Å². The van der Waals surface area contributed by atoms with Crippen molar-refractivity contribution in [2.24, 2.45) is 5.92 Å². The number of benzene rings is 1. The first kappa shape index (κ1) is 13.8. The lowest BCUT2D eigenvalue weighted by atomic mass is 10.2. The van der Waals surface area contributed by atoms with E-state index in [1.165, 1.54) is 16.8 Å². The predicted octanol–water partition coefficient (Wildman–Crippen LogP) is 1.83. The molecule has 2 rings (SSSR count). The molecule has 8 nitrogen and oxygen atoms in total. The molecule has 0 spiro atoms. The molecule has 1 aromatic carbocycles. The highest BCUT2D eigenvalue weighted by molar-refractivity contribution is 5.47. The number of nitro groups is 1. The van der Waals surface area contributed by atoms with Crippen LogP contribution in [0.5, 0.6) is 0 Å². The Balaban J connectivity index is 2.28. The third kappa shape index (κ3) is 3.02. The second kappa shape index (κ2) is 5.55. The van der Waals surface area contributed by atoms with Crippen LogP contribution in [0, 0.1) is 16.0 Å². The average molecular weight is 276 g/mol. The molecule has 0 fully saturated rings. The molecule has 1 heterocycles. The molecule has 1 aromatic heterocycles. The second-order valence-electron chi connectivity index (χ2n) is 4.76. The standard InChI is InChI=1S/C12H16N6O2/c1-8(2)7-14-12-15-11(13)17(16-12)9-4-3-5-10(6-9)18(19)20/h3-6,8H,7H2,1-2H3,(H3,13,14,15,16). The first-order valence-corrected chi connectivity index (χ1v) is 6.18. The van der Waals surface area contributed by atoms with Crippen molar-refractivity contribution in [3.05, 3.63) is 34.4 Å². The number of rotatable bonds is 5. The molecule has 0 saturated carbocycles. The fourth-order valence-corrected chi connectivity index (χ4v) is 1.62. The summed E-state index contributed by atoms with van der Waals surface area (Å²) in [4.78, 5) is 14.4. The fourth-order valence-electron chi connectivity index (χ4n) is 1.62. The summed E-state index contributed by atoms with van der Waals surface area (Å²) in [5.41, 5.74) is 6.27. The van der Waals surface area contributed by atoms with Gasteiger partial charge in [0.1, 0.15) is 0 Å². The van der Waals surface area contributed by atoms with E-state index in [-0.39, 0.29) is 11.6 Å². The van der Waals surface area contributed by atoms with Crippen molar-refractivity contribution in [2.45, 2.75) is 13.8 Å². The van der Waals surface area contributed by atoms with Crippen LogP contribution in [0.1, 0.15) is 13.8 Å². The maximum atomic E-state index is 10.8. The molecule has 2 aromatic rings. The maximum absolute atomic E-state index is 10.8. The number of nitrogen functional groups attached to an aromatic ring is 1. The minimum Gasteiger partial charge on any atom is -0.368 e. The minimum absolute atomic E-state index is 0.0194. The SMILES string of the molecule is CC(C)CNc1nc(N)n(-c2cccc([N+](=O)[O-])c2)n1. The summed E-state index contributed by atoms with van der Waals surface area (Å²) >= 11 is 0. The molecule has 0 saturated heterocycles. The van der Waals surface area contributed by atoms with Crippen molar-refractivity contribution in [3.8, 4) is 5.69 Å². The van der Waals surface area contributed by atoms with Crippen molar-refractivity contribution in [3.63, 3.8) is 0 Å². The molecular weight excluding hydrogens is 260 g/mol. The molecule has 8 heteroatoms. The topological polar surface area (TPSA) is 112 Å². The Morgan fingerprint density at radius 1 is 1.50 bits per heavy atom. The molecule has 20 heavy (non-hydrogen) atoms. The van der Waals surface area contributed by atoms with Crippen LogP contribution >= 0.6 is 0 Å².